The summed E-state index contributed by atoms with van der Waals surface area (Å²) < 4.78 is 31.6. The number of aromatic nitrogens is 1. The second-order valence-electron chi connectivity index (χ2n) is 8.65. The molecule has 2 aromatic carbocycles. The number of carbonyl (C=O) groups excluding carboxylic acids is 1. The van der Waals surface area contributed by atoms with Gasteiger partial charge in [0.25, 0.3) is 0 Å². The highest BCUT2D eigenvalue weighted by molar-refractivity contribution is 7.91. The van der Waals surface area contributed by atoms with Gasteiger partial charge in [-0.3, -0.25) is 9.69 Å². The van der Waals surface area contributed by atoms with E-state index in [0.29, 0.717) is 17.4 Å². The van der Waals surface area contributed by atoms with Crippen LogP contribution in [-0.2, 0) is 14.6 Å². The molecule has 184 valence electrons. The summed E-state index contributed by atoms with van der Waals surface area (Å²) in [4.78, 5) is 22.1. The number of ether oxygens (including phenoxy) is 1. The minimum absolute atomic E-state index is 0.0885. The van der Waals surface area contributed by atoms with Gasteiger partial charge < -0.3 is 9.64 Å². The molecule has 0 radical (unpaired) electrons. The van der Waals surface area contributed by atoms with Crippen molar-refractivity contribution in [1.82, 2.24) is 9.88 Å². The Balaban J connectivity index is 1.73. The number of hydrogen-bond acceptors (Lipinski definition) is 7. The number of amides is 1. The first-order chi connectivity index (χ1) is 16.1. The number of methoxy groups -OCH3 is 1. The molecule has 34 heavy (non-hydrogen) atoms. The average Bonchev–Trinajstić information content (AvgIpc) is 3.23. The molecule has 0 aliphatic heterocycles. The predicted molar refractivity (Wildman–Crippen MR) is 139 cm³/mol. The highest BCUT2D eigenvalue weighted by Crippen LogP contribution is 2.32. The normalized spacial score (nSPS) is 11.8. The van der Waals surface area contributed by atoms with Gasteiger partial charge in [0.05, 0.1) is 28.0 Å². The molecular formula is C25H33N3O4S2. The van der Waals surface area contributed by atoms with Gasteiger partial charge in [-0.25, -0.2) is 13.4 Å². The van der Waals surface area contributed by atoms with Crippen molar-refractivity contribution in [3.05, 3.63) is 47.5 Å². The fraction of sp³-hybridized carbons (Fsp3) is 0.440. The van der Waals surface area contributed by atoms with Gasteiger partial charge in [0.2, 0.25) is 5.91 Å². The molecule has 0 saturated carbocycles. The van der Waals surface area contributed by atoms with E-state index in [9.17, 15) is 13.2 Å². The lowest BCUT2D eigenvalue weighted by Crippen LogP contribution is -2.33. The number of hydrogen-bond donors (Lipinski definition) is 0. The van der Waals surface area contributed by atoms with Gasteiger partial charge in [0.15, 0.2) is 15.0 Å². The number of fused-ring (bicyclic) bond motifs is 1. The second kappa shape index (κ2) is 11.3. The maximum atomic E-state index is 13.2. The molecule has 1 amide bonds. The molecule has 0 aliphatic carbocycles. The molecule has 0 spiro atoms. The van der Waals surface area contributed by atoms with Crippen LogP contribution in [0.2, 0.25) is 0 Å². The van der Waals surface area contributed by atoms with E-state index in [1.54, 1.807) is 17.0 Å². The summed E-state index contributed by atoms with van der Waals surface area (Å²) in [6, 6.07) is 10.4. The average molecular weight is 504 g/mol. The Hall–Kier alpha value is -2.49. The summed E-state index contributed by atoms with van der Waals surface area (Å²) in [5.74, 6) is 0.412. The first kappa shape index (κ1) is 26.1. The van der Waals surface area contributed by atoms with Crippen molar-refractivity contribution in [3.8, 4) is 5.75 Å². The molecule has 3 aromatic rings. The van der Waals surface area contributed by atoms with Gasteiger partial charge >= 0.3 is 0 Å². The highest BCUT2D eigenvalue weighted by atomic mass is 32.2. The molecule has 9 heteroatoms. The van der Waals surface area contributed by atoms with E-state index < -0.39 is 9.84 Å². The lowest BCUT2D eigenvalue weighted by molar-refractivity contribution is -0.118. The number of aryl methyl sites for hydroxylation is 2. The summed E-state index contributed by atoms with van der Waals surface area (Å²) in [6.45, 7) is 5.49. The lowest BCUT2D eigenvalue weighted by Gasteiger charge is -2.21. The van der Waals surface area contributed by atoms with Crippen molar-refractivity contribution in [1.29, 1.82) is 0 Å². The Kier molecular flexibility index (Phi) is 8.67. The van der Waals surface area contributed by atoms with E-state index >= 15 is 0 Å². The van der Waals surface area contributed by atoms with Gasteiger partial charge in [-0.05, 0) is 88.8 Å². The maximum absolute atomic E-state index is 13.2. The van der Waals surface area contributed by atoms with Crippen molar-refractivity contribution < 1.29 is 17.9 Å². The molecule has 0 bridgehead atoms. The number of benzene rings is 2. The molecule has 0 aliphatic rings. The van der Waals surface area contributed by atoms with Gasteiger partial charge in [0.1, 0.15) is 5.75 Å². The summed E-state index contributed by atoms with van der Waals surface area (Å²) in [5, 5.41) is 0.672. The standard InChI is InChI=1S/C25H33N3O4S2/c1-18-9-14-22-24(19(18)2)26-25(33-22)28(16-7-15-27(3)4)23(29)8-6-17-34(30,31)21-12-10-20(32-5)11-13-21/h9-14H,6-8,15-17H2,1-5H3. The van der Waals surface area contributed by atoms with Crippen LogP contribution in [-0.4, -0.2) is 64.3 Å². The summed E-state index contributed by atoms with van der Waals surface area (Å²) in [7, 11) is 2.06. The van der Waals surface area contributed by atoms with Crippen LogP contribution in [0.4, 0.5) is 5.13 Å². The van der Waals surface area contributed by atoms with Crippen LogP contribution >= 0.6 is 11.3 Å². The SMILES string of the molecule is COc1ccc(S(=O)(=O)CCCC(=O)N(CCCN(C)C)c2nc3c(C)c(C)ccc3s2)cc1. The van der Waals surface area contributed by atoms with Crippen molar-refractivity contribution >= 4 is 42.4 Å². The Morgan fingerprint density at radius 3 is 2.38 bits per heavy atom. The first-order valence-electron chi connectivity index (χ1n) is 11.3. The number of nitrogens with zero attached hydrogens (tertiary/aromatic N) is 3. The molecule has 0 N–H and O–H groups in total. The number of carbonyl (C=O) groups is 1. The molecule has 1 heterocycles. The van der Waals surface area contributed by atoms with Crippen LogP contribution in [0.3, 0.4) is 0 Å². The van der Waals surface area contributed by atoms with Crippen LogP contribution in [0.25, 0.3) is 10.2 Å². The zero-order chi connectivity index (χ0) is 24.9. The maximum Gasteiger partial charge on any atom is 0.228 e. The third-order valence-corrected chi connectivity index (χ3v) is 8.67. The predicted octanol–water partition coefficient (Wildman–Crippen LogP) is 4.46. The van der Waals surface area contributed by atoms with Crippen molar-refractivity contribution in [2.45, 2.75) is 38.0 Å². The van der Waals surface area contributed by atoms with E-state index in [1.165, 1.54) is 36.1 Å². The monoisotopic (exact) mass is 503 g/mol. The lowest BCUT2D eigenvalue weighted by atomic mass is 10.1. The van der Waals surface area contributed by atoms with Crippen LogP contribution in [0, 0.1) is 13.8 Å². The Labute approximate surface area is 206 Å². The topological polar surface area (TPSA) is 79.8 Å². The molecule has 3 rings (SSSR count). The third-order valence-electron chi connectivity index (χ3n) is 5.81. The largest absolute Gasteiger partial charge is 0.497 e. The summed E-state index contributed by atoms with van der Waals surface area (Å²) >= 11 is 1.51. The van der Waals surface area contributed by atoms with E-state index in [2.05, 4.69) is 17.9 Å². The minimum atomic E-state index is -3.48. The van der Waals surface area contributed by atoms with E-state index in [-0.39, 0.29) is 29.4 Å². The Morgan fingerprint density at radius 2 is 1.74 bits per heavy atom. The Bertz CT molecular complexity index is 1240. The number of rotatable bonds is 11. The summed E-state index contributed by atoms with van der Waals surface area (Å²) in [6.07, 6.45) is 1.20. The fourth-order valence-electron chi connectivity index (χ4n) is 3.65. The van der Waals surface area contributed by atoms with Crippen LogP contribution < -0.4 is 9.64 Å². The number of thiazole rings is 1. The quantitative estimate of drug-likeness (QED) is 0.384. The van der Waals surface area contributed by atoms with Crippen molar-refractivity contribution in [3.63, 3.8) is 0 Å². The minimum Gasteiger partial charge on any atom is -0.497 e. The second-order valence-corrected chi connectivity index (χ2v) is 11.8. The fourth-order valence-corrected chi connectivity index (χ4v) is 6.03. The Morgan fingerprint density at radius 1 is 1.03 bits per heavy atom. The van der Waals surface area contributed by atoms with Gasteiger partial charge in [-0.1, -0.05) is 17.4 Å². The zero-order valence-corrected chi connectivity index (χ0v) is 22.1. The molecule has 0 saturated heterocycles. The number of anilines is 1. The number of sulfone groups is 1. The van der Waals surface area contributed by atoms with Gasteiger partial charge in [0, 0.05) is 13.0 Å². The van der Waals surface area contributed by atoms with E-state index in [1.807, 2.05) is 27.1 Å². The van der Waals surface area contributed by atoms with Crippen LogP contribution in [0.1, 0.15) is 30.4 Å². The van der Waals surface area contributed by atoms with Gasteiger partial charge in [-0.2, -0.15) is 0 Å². The van der Waals surface area contributed by atoms with Crippen LogP contribution in [0.5, 0.6) is 5.75 Å². The third kappa shape index (κ3) is 6.34. The molecule has 7 nitrogen and oxygen atoms in total. The highest BCUT2D eigenvalue weighted by Gasteiger charge is 2.22. The molecule has 0 fully saturated rings. The summed E-state index contributed by atoms with van der Waals surface area (Å²) in [5.41, 5.74) is 3.21. The molecule has 0 atom stereocenters. The molecule has 1 aromatic heterocycles. The molecule has 0 unspecified atom stereocenters. The van der Waals surface area contributed by atoms with Crippen LogP contribution in [0.15, 0.2) is 41.3 Å². The van der Waals surface area contributed by atoms with E-state index in [0.717, 1.165) is 28.7 Å². The van der Waals surface area contributed by atoms with Crippen molar-refractivity contribution in [2.75, 3.05) is 44.9 Å². The zero-order valence-electron chi connectivity index (χ0n) is 20.5. The van der Waals surface area contributed by atoms with E-state index in [4.69, 9.17) is 9.72 Å². The molecular weight excluding hydrogens is 470 g/mol. The van der Waals surface area contributed by atoms with Gasteiger partial charge in [-0.15, -0.1) is 0 Å². The van der Waals surface area contributed by atoms with Crippen molar-refractivity contribution in [2.24, 2.45) is 0 Å². The smallest absolute Gasteiger partial charge is 0.228 e. The first-order valence-corrected chi connectivity index (χ1v) is 13.8.